The number of nitrogens with zero attached hydrogens (tertiary/aromatic N) is 1. The number of aliphatic imine (C=N–C) groups is 1. The molecule has 2 amide bonds. The molecule has 2 heterocycles. The maximum atomic E-state index is 11.9. The van der Waals surface area contributed by atoms with Gasteiger partial charge in [-0.2, -0.15) is 0 Å². The lowest BCUT2D eigenvalue weighted by atomic mass is 9.92. The van der Waals surface area contributed by atoms with Gasteiger partial charge in [0.15, 0.2) is 17.3 Å². The van der Waals surface area contributed by atoms with E-state index in [0.29, 0.717) is 35.7 Å². The molecule has 0 spiro atoms. The van der Waals surface area contributed by atoms with Crippen LogP contribution in [0, 0.1) is 0 Å². The van der Waals surface area contributed by atoms with Crippen LogP contribution < -0.4 is 14.8 Å². The van der Waals surface area contributed by atoms with Gasteiger partial charge in [0, 0.05) is 12.1 Å². The Bertz CT molecular complexity index is 749. The molecule has 0 aliphatic carbocycles. The molecule has 22 heavy (non-hydrogen) atoms. The normalized spacial score (nSPS) is 17.1. The number of fused-ring (bicyclic) bond motifs is 1. The van der Waals surface area contributed by atoms with Crippen LogP contribution in [-0.4, -0.2) is 43.4 Å². The lowest BCUT2D eigenvalue weighted by Gasteiger charge is -2.19. The van der Waals surface area contributed by atoms with Crippen molar-refractivity contribution in [2.75, 3.05) is 20.8 Å². The van der Waals surface area contributed by atoms with E-state index in [-0.39, 0.29) is 5.57 Å². The van der Waals surface area contributed by atoms with Crippen LogP contribution in [0.2, 0.25) is 0 Å². The van der Waals surface area contributed by atoms with E-state index in [1.165, 1.54) is 7.11 Å². The largest absolute Gasteiger partial charge is 0.502 e. The quantitative estimate of drug-likeness (QED) is 0.793. The number of carbonyl (C=O) groups is 2. The van der Waals surface area contributed by atoms with Crippen molar-refractivity contribution in [1.82, 2.24) is 5.32 Å². The van der Waals surface area contributed by atoms with Crippen LogP contribution in [0.15, 0.2) is 28.5 Å². The lowest BCUT2D eigenvalue weighted by Crippen LogP contribution is -2.26. The number of hydrogen-bond donors (Lipinski definition) is 2. The first-order valence-corrected chi connectivity index (χ1v) is 6.65. The van der Waals surface area contributed by atoms with Crippen LogP contribution in [0.4, 0.5) is 0 Å². The number of aliphatic hydroxyl groups excluding tert-OH is 1. The smallest absolute Gasteiger partial charge is 0.293 e. The summed E-state index contributed by atoms with van der Waals surface area (Å²) in [5, 5.41) is 11.9. The van der Waals surface area contributed by atoms with E-state index in [9.17, 15) is 14.7 Å². The number of benzene rings is 1. The fourth-order valence-corrected chi connectivity index (χ4v) is 2.60. The SMILES string of the molecule is COc1cc2c(cc1OC)C(C1=C(O)C(=O)NC1=O)=NCC2. The van der Waals surface area contributed by atoms with E-state index in [0.717, 1.165) is 5.56 Å². The summed E-state index contributed by atoms with van der Waals surface area (Å²) in [6, 6.07) is 3.51. The first-order valence-electron chi connectivity index (χ1n) is 6.65. The Balaban J connectivity index is 2.17. The summed E-state index contributed by atoms with van der Waals surface area (Å²) in [5.41, 5.74) is 1.76. The Hall–Kier alpha value is -2.83. The van der Waals surface area contributed by atoms with E-state index in [4.69, 9.17) is 9.47 Å². The second-order valence-corrected chi connectivity index (χ2v) is 4.85. The predicted octanol–water partition coefficient (Wildman–Crippen LogP) is 0.517. The molecule has 7 heteroatoms. The molecule has 0 bridgehead atoms. The second kappa shape index (κ2) is 5.18. The minimum Gasteiger partial charge on any atom is -0.502 e. The van der Waals surface area contributed by atoms with Gasteiger partial charge in [0.2, 0.25) is 0 Å². The number of hydrogen-bond acceptors (Lipinski definition) is 6. The summed E-state index contributed by atoms with van der Waals surface area (Å²) in [4.78, 5) is 27.6. The van der Waals surface area contributed by atoms with Crippen molar-refractivity contribution >= 4 is 17.5 Å². The number of carbonyl (C=O) groups excluding carboxylic acids is 2. The maximum absolute atomic E-state index is 11.9. The van der Waals surface area contributed by atoms with E-state index in [2.05, 4.69) is 10.3 Å². The maximum Gasteiger partial charge on any atom is 0.293 e. The average Bonchev–Trinajstić information content (AvgIpc) is 2.78. The lowest BCUT2D eigenvalue weighted by molar-refractivity contribution is -0.125. The zero-order valence-electron chi connectivity index (χ0n) is 12.1. The monoisotopic (exact) mass is 302 g/mol. The van der Waals surface area contributed by atoms with Crippen molar-refractivity contribution in [3.63, 3.8) is 0 Å². The van der Waals surface area contributed by atoms with Gasteiger partial charge in [-0.05, 0) is 24.1 Å². The third-order valence-electron chi connectivity index (χ3n) is 3.66. The fourth-order valence-electron chi connectivity index (χ4n) is 2.60. The Morgan fingerprint density at radius 3 is 2.41 bits per heavy atom. The Morgan fingerprint density at radius 1 is 1.14 bits per heavy atom. The number of aliphatic hydroxyl groups is 1. The molecule has 0 unspecified atom stereocenters. The van der Waals surface area contributed by atoms with Crippen molar-refractivity contribution in [2.24, 2.45) is 4.99 Å². The molecule has 7 nitrogen and oxygen atoms in total. The molecule has 0 radical (unpaired) electrons. The van der Waals surface area contributed by atoms with Crippen molar-refractivity contribution in [3.8, 4) is 11.5 Å². The summed E-state index contributed by atoms with van der Waals surface area (Å²) in [5.74, 6) is -1.00. The minimum atomic E-state index is -0.810. The molecule has 2 N–H and O–H groups in total. The van der Waals surface area contributed by atoms with Gasteiger partial charge in [-0.3, -0.25) is 19.9 Å². The molecule has 2 aliphatic rings. The molecule has 0 fully saturated rings. The highest BCUT2D eigenvalue weighted by Gasteiger charge is 2.35. The third kappa shape index (κ3) is 2.02. The number of ether oxygens (including phenoxy) is 2. The molecule has 0 saturated heterocycles. The summed E-state index contributed by atoms with van der Waals surface area (Å²) in [6.07, 6.45) is 0.669. The van der Waals surface area contributed by atoms with Gasteiger partial charge < -0.3 is 14.6 Å². The van der Waals surface area contributed by atoms with E-state index < -0.39 is 17.6 Å². The van der Waals surface area contributed by atoms with Crippen molar-refractivity contribution in [3.05, 3.63) is 34.6 Å². The molecule has 0 aromatic heterocycles. The number of imide groups is 1. The highest BCUT2D eigenvalue weighted by atomic mass is 16.5. The Labute approximate surface area is 126 Å². The molecule has 1 aromatic carbocycles. The molecule has 1 aromatic rings. The number of amides is 2. The van der Waals surface area contributed by atoms with E-state index in [1.807, 2.05) is 6.07 Å². The molecular formula is C15H14N2O5. The predicted molar refractivity (Wildman–Crippen MR) is 77.5 cm³/mol. The van der Waals surface area contributed by atoms with Crippen LogP contribution in [0.5, 0.6) is 11.5 Å². The van der Waals surface area contributed by atoms with Crippen LogP contribution in [0.25, 0.3) is 0 Å². The summed E-state index contributed by atoms with van der Waals surface area (Å²) < 4.78 is 10.5. The first-order chi connectivity index (χ1) is 10.6. The van der Waals surface area contributed by atoms with Gasteiger partial charge in [0.1, 0.15) is 5.57 Å². The van der Waals surface area contributed by atoms with Crippen LogP contribution in [0.1, 0.15) is 11.1 Å². The molecule has 0 saturated carbocycles. The summed E-state index contributed by atoms with van der Waals surface area (Å²) in [7, 11) is 3.05. The highest BCUT2D eigenvalue weighted by Crippen LogP contribution is 2.34. The minimum absolute atomic E-state index is 0.0989. The summed E-state index contributed by atoms with van der Waals surface area (Å²) >= 11 is 0. The topological polar surface area (TPSA) is 97.2 Å². The van der Waals surface area contributed by atoms with Gasteiger partial charge in [0.25, 0.3) is 11.8 Å². The number of methoxy groups -OCH3 is 2. The molecule has 2 aliphatic heterocycles. The van der Waals surface area contributed by atoms with Crippen LogP contribution in [0.3, 0.4) is 0 Å². The standard InChI is InChI=1S/C15H14N2O5/c1-21-9-5-7-3-4-16-12(8(7)6-10(9)22-2)11-13(18)15(20)17-14(11)19/h5-6H,3-4H2,1-2H3,(H2,17,18,19,20). The molecule has 0 atom stereocenters. The van der Waals surface area contributed by atoms with E-state index >= 15 is 0 Å². The average molecular weight is 302 g/mol. The van der Waals surface area contributed by atoms with Gasteiger partial charge >= 0.3 is 0 Å². The fraction of sp³-hybridized carbons (Fsp3) is 0.267. The second-order valence-electron chi connectivity index (χ2n) is 4.85. The summed E-state index contributed by atoms with van der Waals surface area (Å²) in [6.45, 7) is 0.454. The third-order valence-corrected chi connectivity index (χ3v) is 3.66. The zero-order chi connectivity index (χ0) is 15.9. The van der Waals surface area contributed by atoms with Crippen molar-refractivity contribution in [1.29, 1.82) is 0 Å². The molecular weight excluding hydrogens is 288 g/mol. The van der Waals surface area contributed by atoms with Gasteiger partial charge in [0.05, 0.1) is 19.9 Å². The Morgan fingerprint density at radius 2 is 1.82 bits per heavy atom. The van der Waals surface area contributed by atoms with Gasteiger partial charge in [-0.25, -0.2) is 0 Å². The number of rotatable bonds is 3. The Kier molecular flexibility index (Phi) is 3.32. The van der Waals surface area contributed by atoms with Gasteiger partial charge in [-0.15, -0.1) is 0 Å². The van der Waals surface area contributed by atoms with Crippen LogP contribution >= 0.6 is 0 Å². The molecule has 3 rings (SSSR count). The highest BCUT2D eigenvalue weighted by molar-refractivity contribution is 6.37. The molecule has 114 valence electrons. The van der Waals surface area contributed by atoms with Crippen molar-refractivity contribution in [2.45, 2.75) is 6.42 Å². The van der Waals surface area contributed by atoms with Crippen molar-refractivity contribution < 1.29 is 24.2 Å². The first kappa shape index (κ1) is 14.1. The van der Waals surface area contributed by atoms with Gasteiger partial charge in [-0.1, -0.05) is 0 Å². The van der Waals surface area contributed by atoms with E-state index in [1.54, 1.807) is 13.2 Å². The number of nitrogens with one attached hydrogen (secondary N) is 1. The zero-order valence-corrected chi connectivity index (χ0v) is 12.1. The van der Waals surface area contributed by atoms with Crippen LogP contribution in [-0.2, 0) is 16.0 Å².